The minimum Gasteiger partial charge on any atom is -0.350 e. The normalized spacial score (nSPS) is 13.8. The van der Waals surface area contributed by atoms with Crippen LogP contribution >= 0.6 is 0 Å². The standard InChI is InChI=1S/C19H20F2N4O/c20-14-6-7-16(15(21)10-14)25-18-12-23-17(11-24-18)19(26)22-9-8-13-4-2-1-3-5-13/h4,6-7,10-12H,1-3,5,8-9H2,(H,22,26)(H,24,25). The first-order valence-corrected chi connectivity index (χ1v) is 8.62. The zero-order valence-electron chi connectivity index (χ0n) is 14.3. The summed E-state index contributed by atoms with van der Waals surface area (Å²) < 4.78 is 26.5. The van der Waals surface area contributed by atoms with E-state index in [4.69, 9.17) is 0 Å². The SMILES string of the molecule is O=C(NCCC1=CCCCC1)c1cnc(Nc2ccc(F)cc2F)cn1. The summed E-state index contributed by atoms with van der Waals surface area (Å²) in [6, 6.07) is 3.19. The number of carbonyl (C=O) groups excluding carboxylic acids is 1. The summed E-state index contributed by atoms with van der Waals surface area (Å²) in [6.07, 6.45) is 10.4. The fourth-order valence-corrected chi connectivity index (χ4v) is 2.80. The molecule has 2 N–H and O–H groups in total. The van der Waals surface area contributed by atoms with Crippen LogP contribution in [0.5, 0.6) is 0 Å². The number of carbonyl (C=O) groups is 1. The number of anilines is 2. The number of nitrogens with zero attached hydrogens (tertiary/aromatic N) is 2. The summed E-state index contributed by atoms with van der Waals surface area (Å²) in [5.41, 5.74) is 1.66. The summed E-state index contributed by atoms with van der Waals surface area (Å²) >= 11 is 0. The molecule has 1 amide bonds. The summed E-state index contributed by atoms with van der Waals surface area (Å²) in [6.45, 7) is 0.563. The van der Waals surface area contributed by atoms with Gasteiger partial charge in [-0.15, -0.1) is 0 Å². The Balaban J connectivity index is 1.53. The maximum atomic E-state index is 13.6. The number of allylic oxidation sites excluding steroid dienone is 1. The van der Waals surface area contributed by atoms with Crippen LogP contribution < -0.4 is 10.6 Å². The molecule has 0 saturated carbocycles. The van der Waals surface area contributed by atoms with Gasteiger partial charge in [0.15, 0.2) is 0 Å². The largest absolute Gasteiger partial charge is 0.350 e. The number of halogens is 2. The highest BCUT2D eigenvalue weighted by Crippen LogP contribution is 2.20. The van der Waals surface area contributed by atoms with Gasteiger partial charge in [-0.2, -0.15) is 0 Å². The second-order valence-corrected chi connectivity index (χ2v) is 6.15. The highest BCUT2D eigenvalue weighted by atomic mass is 19.1. The molecule has 1 aliphatic carbocycles. The number of nitrogens with one attached hydrogen (secondary N) is 2. The maximum Gasteiger partial charge on any atom is 0.271 e. The second-order valence-electron chi connectivity index (χ2n) is 6.15. The minimum absolute atomic E-state index is 0.0821. The van der Waals surface area contributed by atoms with Crippen LogP contribution in [0.2, 0.25) is 0 Å². The van der Waals surface area contributed by atoms with Crippen molar-refractivity contribution in [2.75, 3.05) is 11.9 Å². The molecule has 1 aromatic heterocycles. The zero-order valence-corrected chi connectivity index (χ0v) is 14.3. The molecule has 1 aliphatic rings. The Bertz CT molecular complexity index is 806. The van der Waals surface area contributed by atoms with E-state index in [0.717, 1.165) is 31.4 Å². The van der Waals surface area contributed by atoms with Crippen LogP contribution in [0.15, 0.2) is 42.2 Å². The van der Waals surface area contributed by atoms with E-state index in [0.29, 0.717) is 6.54 Å². The van der Waals surface area contributed by atoms with E-state index in [1.54, 1.807) is 0 Å². The minimum atomic E-state index is -0.731. The van der Waals surface area contributed by atoms with Crippen molar-refractivity contribution in [3.8, 4) is 0 Å². The van der Waals surface area contributed by atoms with Crippen LogP contribution in [0.1, 0.15) is 42.6 Å². The van der Waals surface area contributed by atoms with E-state index in [2.05, 4.69) is 26.7 Å². The molecule has 7 heteroatoms. The first kappa shape index (κ1) is 18.0. The Hall–Kier alpha value is -2.83. The molecule has 0 spiro atoms. The summed E-state index contributed by atoms with van der Waals surface area (Å²) in [5, 5.41) is 5.52. The molecule has 0 unspecified atom stereocenters. The summed E-state index contributed by atoms with van der Waals surface area (Å²) in [7, 11) is 0. The van der Waals surface area contributed by atoms with Gasteiger partial charge in [-0.05, 0) is 44.2 Å². The van der Waals surface area contributed by atoms with E-state index in [1.165, 1.54) is 36.9 Å². The van der Waals surface area contributed by atoms with Crippen LogP contribution in [0.4, 0.5) is 20.3 Å². The van der Waals surface area contributed by atoms with E-state index in [-0.39, 0.29) is 23.1 Å². The van der Waals surface area contributed by atoms with Crippen molar-refractivity contribution in [1.29, 1.82) is 0 Å². The van der Waals surface area contributed by atoms with Crippen molar-refractivity contribution in [2.24, 2.45) is 0 Å². The van der Waals surface area contributed by atoms with Gasteiger partial charge in [0.2, 0.25) is 0 Å². The lowest BCUT2D eigenvalue weighted by molar-refractivity contribution is 0.0948. The zero-order chi connectivity index (χ0) is 18.4. The topological polar surface area (TPSA) is 66.9 Å². The van der Waals surface area contributed by atoms with Crippen molar-refractivity contribution in [2.45, 2.75) is 32.1 Å². The Labute approximate surface area is 150 Å². The van der Waals surface area contributed by atoms with Gasteiger partial charge in [0.05, 0.1) is 18.1 Å². The van der Waals surface area contributed by atoms with Crippen LogP contribution in [0, 0.1) is 11.6 Å². The molecule has 0 bridgehead atoms. The lowest BCUT2D eigenvalue weighted by Gasteiger charge is -2.12. The molecule has 26 heavy (non-hydrogen) atoms. The molecule has 0 atom stereocenters. The number of aromatic nitrogens is 2. The van der Waals surface area contributed by atoms with Gasteiger partial charge in [0.25, 0.3) is 5.91 Å². The predicted molar refractivity (Wildman–Crippen MR) is 95.2 cm³/mol. The van der Waals surface area contributed by atoms with E-state index >= 15 is 0 Å². The third-order valence-electron chi connectivity index (χ3n) is 4.20. The maximum absolute atomic E-state index is 13.6. The third kappa shape index (κ3) is 4.84. The Morgan fingerprint density at radius 1 is 1.15 bits per heavy atom. The monoisotopic (exact) mass is 358 g/mol. The van der Waals surface area contributed by atoms with Crippen LogP contribution in [0.3, 0.4) is 0 Å². The molecule has 2 aromatic rings. The molecular weight excluding hydrogens is 338 g/mol. The van der Waals surface area contributed by atoms with Gasteiger partial charge in [0, 0.05) is 12.6 Å². The molecule has 3 rings (SSSR count). The fraction of sp³-hybridized carbons (Fsp3) is 0.316. The van der Waals surface area contributed by atoms with Crippen molar-refractivity contribution in [3.63, 3.8) is 0 Å². The van der Waals surface area contributed by atoms with Crippen LogP contribution in [-0.2, 0) is 0 Å². The number of rotatable bonds is 6. The number of hydrogen-bond donors (Lipinski definition) is 2. The highest BCUT2D eigenvalue weighted by Gasteiger charge is 2.10. The number of hydrogen-bond acceptors (Lipinski definition) is 4. The Morgan fingerprint density at radius 3 is 2.73 bits per heavy atom. The first-order chi connectivity index (χ1) is 12.6. The average molecular weight is 358 g/mol. The molecular formula is C19H20F2N4O. The lowest BCUT2D eigenvalue weighted by atomic mass is 9.97. The van der Waals surface area contributed by atoms with Gasteiger partial charge < -0.3 is 10.6 Å². The van der Waals surface area contributed by atoms with E-state index < -0.39 is 11.6 Å². The Morgan fingerprint density at radius 2 is 2.04 bits per heavy atom. The smallest absolute Gasteiger partial charge is 0.271 e. The van der Waals surface area contributed by atoms with Crippen molar-refractivity contribution >= 4 is 17.4 Å². The van der Waals surface area contributed by atoms with Gasteiger partial charge in [-0.3, -0.25) is 4.79 Å². The highest BCUT2D eigenvalue weighted by molar-refractivity contribution is 5.92. The van der Waals surface area contributed by atoms with Crippen molar-refractivity contribution < 1.29 is 13.6 Å². The van der Waals surface area contributed by atoms with Gasteiger partial charge in [-0.25, -0.2) is 18.7 Å². The summed E-state index contributed by atoms with van der Waals surface area (Å²) in [5.74, 6) is -1.42. The predicted octanol–water partition coefficient (Wildman–Crippen LogP) is 4.12. The molecule has 1 aromatic carbocycles. The molecule has 0 radical (unpaired) electrons. The van der Waals surface area contributed by atoms with Crippen LogP contribution in [-0.4, -0.2) is 22.4 Å². The third-order valence-corrected chi connectivity index (χ3v) is 4.20. The van der Waals surface area contributed by atoms with E-state index in [1.807, 2.05) is 0 Å². The van der Waals surface area contributed by atoms with Crippen LogP contribution in [0.25, 0.3) is 0 Å². The van der Waals surface area contributed by atoms with Crippen molar-refractivity contribution in [1.82, 2.24) is 15.3 Å². The molecule has 1 heterocycles. The molecule has 5 nitrogen and oxygen atoms in total. The average Bonchev–Trinajstić information content (AvgIpc) is 2.65. The molecule has 0 aliphatic heterocycles. The second kappa shape index (κ2) is 8.51. The first-order valence-electron chi connectivity index (χ1n) is 8.62. The van der Waals surface area contributed by atoms with Gasteiger partial charge >= 0.3 is 0 Å². The molecule has 0 fully saturated rings. The quantitative estimate of drug-likeness (QED) is 0.763. The van der Waals surface area contributed by atoms with Gasteiger partial charge in [-0.1, -0.05) is 11.6 Å². The van der Waals surface area contributed by atoms with Gasteiger partial charge in [0.1, 0.15) is 23.1 Å². The lowest BCUT2D eigenvalue weighted by Crippen LogP contribution is -2.26. The fourth-order valence-electron chi connectivity index (χ4n) is 2.80. The molecule has 136 valence electrons. The number of benzene rings is 1. The van der Waals surface area contributed by atoms with Crippen molar-refractivity contribution in [3.05, 3.63) is 59.6 Å². The molecule has 0 saturated heterocycles. The van der Waals surface area contributed by atoms with E-state index in [9.17, 15) is 13.6 Å². The Kier molecular flexibility index (Phi) is 5.88. The summed E-state index contributed by atoms with van der Waals surface area (Å²) in [4.78, 5) is 20.2. The number of amides is 1.